The van der Waals surface area contributed by atoms with Crippen LogP contribution in [0.4, 0.5) is 0 Å². The van der Waals surface area contributed by atoms with E-state index in [1.807, 2.05) is 66.7 Å². The average molecular weight is 430 g/mol. The van der Waals surface area contributed by atoms with E-state index in [4.69, 9.17) is 14.5 Å². The zero-order valence-corrected chi connectivity index (χ0v) is 18.2. The summed E-state index contributed by atoms with van der Waals surface area (Å²) in [5, 5.41) is 2.92. The van der Waals surface area contributed by atoms with Crippen molar-refractivity contribution in [2.45, 2.75) is 19.4 Å². The quantitative estimate of drug-likeness (QED) is 0.383. The van der Waals surface area contributed by atoms with Crippen LogP contribution in [-0.4, -0.2) is 35.7 Å². The van der Waals surface area contributed by atoms with Gasteiger partial charge in [-0.25, -0.2) is 4.98 Å². The molecule has 0 fully saturated rings. The number of ether oxygens (including phenoxy) is 2. The third-order valence-corrected chi connectivity index (χ3v) is 5.27. The standard InChI is InChI=1S/C26H27N3O3/c1-31-24-15-8-5-10-20(24)18-29-23-14-7-6-13-22(23)28-25(29)16-9-17-27-26(30)19-32-21-11-3-2-4-12-21/h2-8,10-15H,9,16-19H2,1H3,(H,27,30). The SMILES string of the molecule is COc1ccccc1Cn1c(CCCNC(=O)COc2ccccc2)nc2ccccc21. The van der Waals surface area contributed by atoms with Gasteiger partial charge in [-0.1, -0.05) is 48.5 Å². The van der Waals surface area contributed by atoms with Crippen LogP contribution < -0.4 is 14.8 Å². The van der Waals surface area contributed by atoms with Gasteiger partial charge in [-0.05, 0) is 36.8 Å². The predicted octanol–water partition coefficient (Wildman–Crippen LogP) is 4.22. The summed E-state index contributed by atoms with van der Waals surface area (Å²) in [6, 6.07) is 25.5. The minimum Gasteiger partial charge on any atom is -0.496 e. The van der Waals surface area contributed by atoms with Gasteiger partial charge in [0.2, 0.25) is 0 Å². The number of imidazole rings is 1. The van der Waals surface area contributed by atoms with E-state index in [1.165, 1.54) is 0 Å². The number of methoxy groups -OCH3 is 1. The summed E-state index contributed by atoms with van der Waals surface area (Å²) in [5.74, 6) is 2.41. The second-order valence-electron chi connectivity index (χ2n) is 7.47. The van der Waals surface area contributed by atoms with Crippen molar-refractivity contribution in [3.05, 3.63) is 90.3 Å². The lowest BCUT2D eigenvalue weighted by molar-refractivity contribution is -0.123. The molecule has 0 bridgehead atoms. The van der Waals surface area contributed by atoms with Crippen LogP contribution in [0.15, 0.2) is 78.9 Å². The van der Waals surface area contributed by atoms with Crippen molar-refractivity contribution in [3.8, 4) is 11.5 Å². The summed E-state index contributed by atoms with van der Waals surface area (Å²) in [7, 11) is 1.69. The summed E-state index contributed by atoms with van der Waals surface area (Å²) >= 11 is 0. The molecule has 3 aromatic carbocycles. The molecule has 0 spiro atoms. The Hall–Kier alpha value is -3.80. The molecule has 1 heterocycles. The van der Waals surface area contributed by atoms with Gasteiger partial charge in [0.25, 0.3) is 5.91 Å². The van der Waals surface area contributed by atoms with Crippen LogP contribution >= 0.6 is 0 Å². The smallest absolute Gasteiger partial charge is 0.257 e. The number of nitrogens with zero attached hydrogens (tertiary/aromatic N) is 2. The summed E-state index contributed by atoms with van der Waals surface area (Å²) in [6.07, 6.45) is 1.54. The van der Waals surface area contributed by atoms with Gasteiger partial charge in [-0.3, -0.25) is 4.79 Å². The summed E-state index contributed by atoms with van der Waals surface area (Å²) in [5.41, 5.74) is 3.16. The molecule has 6 nitrogen and oxygen atoms in total. The topological polar surface area (TPSA) is 65.4 Å². The van der Waals surface area contributed by atoms with E-state index in [1.54, 1.807) is 7.11 Å². The Labute approximate surface area is 187 Å². The molecule has 0 aliphatic heterocycles. The van der Waals surface area contributed by atoms with E-state index in [0.29, 0.717) is 18.8 Å². The number of fused-ring (bicyclic) bond motifs is 1. The van der Waals surface area contributed by atoms with Gasteiger partial charge >= 0.3 is 0 Å². The second-order valence-corrected chi connectivity index (χ2v) is 7.47. The van der Waals surface area contributed by atoms with Gasteiger partial charge in [-0.2, -0.15) is 0 Å². The van der Waals surface area contributed by atoms with Crippen molar-refractivity contribution >= 4 is 16.9 Å². The maximum atomic E-state index is 12.1. The molecule has 0 unspecified atom stereocenters. The molecular weight excluding hydrogens is 402 g/mol. The number of rotatable bonds is 10. The largest absolute Gasteiger partial charge is 0.496 e. The molecule has 1 N–H and O–H groups in total. The predicted molar refractivity (Wildman–Crippen MR) is 125 cm³/mol. The highest BCUT2D eigenvalue weighted by Crippen LogP contribution is 2.23. The molecule has 0 aliphatic carbocycles. The van der Waals surface area contributed by atoms with E-state index < -0.39 is 0 Å². The first kappa shape index (κ1) is 21.4. The molecule has 4 rings (SSSR count). The molecule has 32 heavy (non-hydrogen) atoms. The number of carbonyl (C=O) groups excluding carboxylic acids is 1. The Morgan fingerprint density at radius 1 is 0.969 bits per heavy atom. The molecular formula is C26H27N3O3. The highest BCUT2D eigenvalue weighted by molar-refractivity contribution is 5.77. The molecule has 6 heteroatoms. The van der Waals surface area contributed by atoms with E-state index in [-0.39, 0.29) is 12.5 Å². The lowest BCUT2D eigenvalue weighted by atomic mass is 10.2. The Morgan fingerprint density at radius 3 is 2.56 bits per heavy atom. The third-order valence-electron chi connectivity index (χ3n) is 5.27. The van der Waals surface area contributed by atoms with Crippen LogP contribution in [-0.2, 0) is 17.8 Å². The van der Waals surface area contributed by atoms with Gasteiger partial charge in [0, 0.05) is 18.5 Å². The monoisotopic (exact) mass is 429 g/mol. The number of aromatic nitrogens is 2. The number of hydrogen-bond donors (Lipinski definition) is 1. The highest BCUT2D eigenvalue weighted by Gasteiger charge is 2.13. The van der Waals surface area contributed by atoms with E-state index in [0.717, 1.165) is 41.0 Å². The summed E-state index contributed by atoms with van der Waals surface area (Å²) in [4.78, 5) is 16.9. The van der Waals surface area contributed by atoms with Crippen LogP contribution in [0.1, 0.15) is 17.8 Å². The number of benzene rings is 3. The first-order valence-corrected chi connectivity index (χ1v) is 10.7. The van der Waals surface area contributed by atoms with Gasteiger partial charge in [0.15, 0.2) is 6.61 Å². The average Bonchev–Trinajstić information content (AvgIpc) is 3.18. The lowest BCUT2D eigenvalue weighted by Crippen LogP contribution is -2.30. The Bertz CT molecular complexity index is 1170. The zero-order chi connectivity index (χ0) is 22.2. The Kier molecular flexibility index (Phi) is 7.02. The molecule has 0 radical (unpaired) electrons. The number of carbonyl (C=O) groups is 1. The van der Waals surface area contributed by atoms with Gasteiger partial charge in [0.05, 0.1) is 24.7 Å². The fraction of sp³-hybridized carbons (Fsp3) is 0.231. The third kappa shape index (κ3) is 5.27. The molecule has 0 saturated heterocycles. The van der Waals surface area contributed by atoms with Crippen LogP contribution in [0.5, 0.6) is 11.5 Å². The van der Waals surface area contributed by atoms with Crippen molar-refractivity contribution < 1.29 is 14.3 Å². The first-order chi connectivity index (χ1) is 15.7. The van der Waals surface area contributed by atoms with Crippen LogP contribution in [0, 0.1) is 0 Å². The van der Waals surface area contributed by atoms with Crippen LogP contribution in [0.2, 0.25) is 0 Å². The summed E-state index contributed by atoms with van der Waals surface area (Å²) in [6.45, 7) is 1.25. The normalized spacial score (nSPS) is 10.8. The van der Waals surface area contributed by atoms with E-state index >= 15 is 0 Å². The van der Waals surface area contributed by atoms with Gasteiger partial charge in [0.1, 0.15) is 17.3 Å². The lowest BCUT2D eigenvalue weighted by Gasteiger charge is -2.13. The minimum atomic E-state index is -0.128. The maximum absolute atomic E-state index is 12.1. The van der Waals surface area contributed by atoms with Gasteiger partial charge < -0.3 is 19.4 Å². The van der Waals surface area contributed by atoms with Crippen molar-refractivity contribution in [2.75, 3.05) is 20.3 Å². The molecule has 4 aromatic rings. The Balaban J connectivity index is 1.37. The number of nitrogens with one attached hydrogen (secondary N) is 1. The maximum Gasteiger partial charge on any atom is 0.257 e. The first-order valence-electron chi connectivity index (χ1n) is 10.7. The summed E-state index contributed by atoms with van der Waals surface area (Å²) < 4.78 is 13.3. The molecule has 0 saturated carbocycles. The molecule has 1 amide bonds. The fourth-order valence-electron chi connectivity index (χ4n) is 3.69. The number of para-hydroxylation sites is 4. The van der Waals surface area contributed by atoms with Crippen molar-refractivity contribution in [1.82, 2.24) is 14.9 Å². The van der Waals surface area contributed by atoms with Gasteiger partial charge in [-0.15, -0.1) is 0 Å². The zero-order valence-electron chi connectivity index (χ0n) is 18.2. The molecule has 1 aromatic heterocycles. The van der Waals surface area contributed by atoms with E-state index in [2.05, 4.69) is 22.0 Å². The number of amides is 1. The van der Waals surface area contributed by atoms with Crippen molar-refractivity contribution in [1.29, 1.82) is 0 Å². The van der Waals surface area contributed by atoms with Crippen LogP contribution in [0.3, 0.4) is 0 Å². The second kappa shape index (κ2) is 10.5. The molecule has 0 atom stereocenters. The molecule has 0 aliphatic rings. The molecule has 164 valence electrons. The van der Waals surface area contributed by atoms with Crippen molar-refractivity contribution in [3.63, 3.8) is 0 Å². The number of hydrogen-bond acceptors (Lipinski definition) is 4. The van der Waals surface area contributed by atoms with Crippen LogP contribution in [0.25, 0.3) is 11.0 Å². The van der Waals surface area contributed by atoms with E-state index in [9.17, 15) is 4.79 Å². The van der Waals surface area contributed by atoms with Crippen molar-refractivity contribution in [2.24, 2.45) is 0 Å². The number of aryl methyl sites for hydroxylation is 1. The highest BCUT2D eigenvalue weighted by atomic mass is 16.5. The fourth-order valence-corrected chi connectivity index (χ4v) is 3.69. The minimum absolute atomic E-state index is 0.0102. The Morgan fingerprint density at radius 2 is 1.72 bits per heavy atom.